The SMILES string of the molecule is CCCn1c(CC(C)(O)CN)nc2ccccc21. The Morgan fingerprint density at radius 3 is 2.78 bits per heavy atom. The number of hydrogen-bond donors (Lipinski definition) is 2. The Bertz CT molecular complexity index is 531. The predicted molar refractivity (Wildman–Crippen MR) is 73.4 cm³/mol. The van der Waals surface area contributed by atoms with Crippen LogP contribution in [0.1, 0.15) is 26.1 Å². The molecule has 0 saturated heterocycles. The molecular formula is C14H21N3O. The fourth-order valence-corrected chi connectivity index (χ4v) is 2.15. The lowest BCUT2D eigenvalue weighted by atomic mass is 10.0. The lowest BCUT2D eigenvalue weighted by molar-refractivity contribution is 0.0667. The maximum atomic E-state index is 10.1. The van der Waals surface area contributed by atoms with Crippen LogP contribution >= 0.6 is 0 Å². The first-order valence-electron chi connectivity index (χ1n) is 6.44. The van der Waals surface area contributed by atoms with E-state index < -0.39 is 5.60 Å². The van der Waals surface area contributed by atoms with Crippen LogP contribution in [0.3, 0.4) is 0 Å². The number of fused-ring (bicyclic) bond motifs is 1. The summed E-state index contributed by atoms with van der Waals surface area (Å²) in [5.74, 6) is 0.911. The van der Waals surface area contributed by atoms with Gasteiger partial charge in [0.2, 0.25) is 0 Å². The van der Waals surface area contributed by atoms with Crippen molar-refractivity contribution in [3.05, 3.63) is 30.1 Å². The third-order valence-corrected chi connectivity index (χ3v) is 3.16. The smallest absolute Gasteiger partial charge is 0.112 e. The van der Waals surface area contributed by atoms with Crippen molar-refractivity contribution in [1.29, 1.82) is 0 Å². The second-order valence-corrected chi connectivity index (χ2v) is 5.05. The minimum Gasteiger partial charge on any atom is -0.388 e. The molecular weight excluding hydrogens is 226 g/mol. The van der Waals surface area contributed by atoms with E-state index in [0.29, 0.717) is 6.42 Å². The molecule has 2 rings (SSSR count). The highest BCUT2D eigenvalue weighted by Crippen LogP contribution is 2.20. The van der Waals surface area contributed by atoms with Gasteiger partial charge in [0.1, 0.15) is 5.82 Å². The predicted octanol–water partition coefficient (Wildman–Crippen LogP) is 1.70. The van der Waals surface area contributed by atoms with E-state index in [0.717, 1.165) is 29.8 Å². The molecule has 1 heterocycles. The molecule has 0 aliphatic heterocycles. The van der Waals surface area contributed by atoms with E-state index in [-0.39, 0.29) is 6.54 Å². The monoisotopic (exact) mass is 247 g/mol. The van der Waals surface area contributed by atoms with Crippen LogP contribution in [0.25, 0.3) is 11.0 Å². The molecule has 1 atom stereocenters. The normalized spacial score (nSPS) is 14.9. The summed E-state index contributed by atoms with van der Waals surface area (Å²) in [6.07, 6.45) is 1.52. The molecule has 1 aromatic heterocycles. The molecule has 0 amide bonds. The Balaban J connectivity index is 2.45. The summed E-state index contributed by atoms with van der Waals surface area (Å²) in [6.45, 7) is 5.04. The number of benzene rings is 1. The molecule has 18 heavy (non-hydrogen) atoms. The van der Waals surface area contributed by atoms with Crippen molar-refractivity contribution >= 4 is 11.0 Å². The van der Waals surface area contributed by atoms with E-state index in [9.17, 15) is 5.11 Å². The van der Waals surface area contributed by atoms with Crippen LogP contribution in [-0.4, -0.2) is 26.8 Å². The summed E-state index contributed by atoms with van der Waals surface area (Å²) in [7, 11) is 0. The molecule has 0 bridgehead atoms. The molecule has 0 aliphatic rings. The van der Waals surface area contributed by atoms with Crippen molar-refractivity contribution in [2.24, 2.45) is 5.73 Å². The van der Waals surface area contributed by atoms with E-state index in [4.69, 9.17) is 5.73 Å². The van der Waals surface area contributed by atoms with Crippen LogP contribution in [0.4, 0.5) is 0 Å². The Hall–Kier alpha value is -1.39. The van der Waals surface area contributed by atoms with Gasteiger partial charge in [-0.2, -0.15) is 0 Å². The van der Waals surface area contributed by atoms with Crippen LogP contribution in [0.2, 0.25) is 0 Å². The first-order valence-corrected chi connectivity index (χ1v) is 6.44. The molecule has 0 saturated carbocycles. The highest BCUT2D eigenvalue weighted by molar-refractivity contribution is 5.75. The zero-order valence-corrected chi connectivity index (χ0v) is 11.1. The maximum Gasteiger partial charge on any atom is 0.112 e. The summed E-state index contributed by atoms with van der Waals surface area (Å²) in [4.78, 5) is 4.61. The first-order chi connectivity index (χ1) is 8.57. The summed E-state index contributed by atoms with van der Waals surface area (Å²) in [6, 6.07) is 8.07. The zero-order chi connectivity index (χ0) is 13.2. The van der Waals surface area contributed by atoms with Gasteiger partial charge in [0, 0.05) is 19.5 Å². The average Bonchev–Trinajstić information content (AvgIpc) is 2.68. The summed E-state index contributed by atoms with van der Waals surface area (Å²) >= 11 is 0. The number of aliphatic hydroxyl groups is 1. The Kier molecular flexibility index (Phi) is 3.68. The van der Waals surface area contributed by atoms with Crippen molar-refractivity contribution in [2.75, 3.05) is 6.54 Å². The third kappa shape index (κ3) is 2.54. The van der Waals surface area contributed by atoms with E-state index in [1.54, 1.807) is 6.92 Å². The zero-order valence-electron chi connectivity index (χ0n) is 11.1. The van der Waals surface area contributed by atoms with Crippen molar-refractivity contribution in [3.63, 3.8) is 0 Å². The summed E-state index contributed by atoms with van der Waals surface area (Å²) in [5, 5.41) is 10.1. The topological polar surface area (TPSA) is 64.1 Å². The minimum atomic E-state index is -0.896. The minimum absolute atomic E-state index is 0.238. The van der Waals surface area contributed by atoms with Crippen LogP contribution in [0.15, 0.2) is 24.3 Å². The summed E-state index contributed by atoms with van der Waals surface area (Å²) in [5.41, 5.74) is 6.80. The molecule has 0 spiro atoms. The van der Waals surface area contributed by atoms with Crippen molar-refractivity contribution in [1.82, 2.24) is 9.55 Å². The van der Waals surface area contributed by atoms with Crippen LogP contribution in [0, 0.1) is 0 Å². The molecule has 1 unspecified atom stereocenters. The molecule has 4 heteroatoms. The highest BCUT2D eigenvalue weighted by Gasteiger charge is 2.22. The number of nitrogens with two attached hydrogens (primary N) is 1. The van der Waals surface area contributed by atoms with Gasteiger partial charge in [-0.15, -0.1) is 0 Å². The molecule has 98 valence electrons. The highest BCUT2D eigenvalue weighted by atomic mass is 16.3. The number of aryl methyl sites for hydroxylation is 1. The van der Waals surface area contributed by atoms with Crippen LogP contribution < -0.4 is 5.73 Å². The third-order valence-electron chi connectivity index (χ3n) is 3.16. The molecule has 3 N–H and O–H groups in total. The molecule has 0 aliphatic carbocycles. The number of aromatic nitrogens is 2. The van der Waals surface area contributed by atoms with E-state index >= 15 is 0 Å². The van der Waals surface area contributed by atoms with Crippen molar-refractivity contribution in [2.45, 2.75) is 38.8 Å². The van der Waals surface area contributed by atoms with Crippen LogP contribution in [0.5, 0.6) is 0 Å². The quantitative estimate of drug-likeness (QED) is 0.845. The van der Waals surface area contributed by atoms with Gasteiger partial charge in [-0.05, 0) is 25.5 Å². The van der Waals surface area contributed by atoms with Gasteiger partial charge in [0.15, 0.2) is 0 Å². The van der Waals surface area contributed by atoms with Crippen molar-refractivity contribution in [3.8, 4) is 0 Å². The molecule has 4 nitrogen and oxygen atoms in total. The average molecular weight is 247 g/mol. The second kappa shape index (κ2) is 5.08. The van der Waals surface area contributed by atoms with Gasteiger partial charge >= 0.3 is 0 Å². The van der Waals surface area contributed by atoms with Crippen molar-refractivity contribution < 1.29 is 5.11 Å². The first kappa shape index (κ1) is 13.1. The lowest BCUT2D eigenvalue weighted by Crippen LogP contribution is -2.37. The fraction of sp³-hybridized carbons (Fsp3) is 0.500. The van der Waals surface area contributed by atoms with Crippen LogP contribution in [-0.2, 0) is 13.0 Å². The van der Waals surface area contributed by atoms with E-state index in [1.165, 1.54) is 0 Å². The second-order valence-electron chi connectivity index (χ2n) is 5.05. The van der Waals surface area contributed by atoms with E-state index in [1.807, 2.05) is 18.2 Å². The molecule has 1 aromatic carbocycles. The van der Waals surface area contributed by atoms with Gasteiger partial charge in [-0.3, -0.25) is 0 Å². The standard InChI is InChI=1S/C14H21N3O/c1-3-8-17-12-7-5-4-6-11(12)16-13(17)9-14(2,18)10-15/h4-7,18H,3,8-10,15H2,1-2H3. The largest absolute Gasteiger partial charge is 0.388 e. The van der Waals surface area contributed by atoms with Gasteiger partial charge in [-0.1, -0.05) is 19.1 Å². The van der Waals surface area contributed by atoms with Gasteiger partial charge in [-0.25, -0.2) is 4.98 Å². The fourth-order valence-electron chi connectivity index (χ4n) is 2.15. The molecule has 0 radical (unpaired) electrons. The van der Waals surface area contributed by atoms with Gasteiger partial charge < -0.3 is 15.4 Å². The number of nitrogens with zero attached hydrogens (tertiary/aromatic N) is 2. The number of para-hydroxylation sites is 2. The molecule has 2 aromatic rings. The lowest BCUT2D eigenvalue weighted by Gasteiger charge is -2.21. The Morgan fingerprint density at radius 1 is 1.39 bits per heavy atom. The summed E-state index contributed by atoms with van der Waals surface area (Å²) < 4.78 is 2.18. The van der Waals surface area contributed by atoms with Gasteiger partial charge in [0.25, 0.3) is 0 Å². The Labute approximate surface area is 107 Å². The molecule has 0 fully saturated rings. The number of hydrogen-bond acceptors (Lipinski definition) is 3. The number of imidazole rings is 1. The Morgan fingerprint density at radius 2 is 2.11 bits per heavy atom. The van der Waals surface area contributed by atoms with Gasteiger partial charge in [0.05, 0.1) is 16.6 Å². The van der Waals surface area contributed by atoms with E-state index in [2.05, 4.69) is 22.5 Å². The maximum absolute atomic E-state index is 10.1. The number of rotatable bonds is 5.